The van der Waals surface area contributed by atoms with E-state index in [-0.39, 0.29) is 23.6 Å². The van der Waals surface area contributed by atoms with Crippen LogP contribution in [0.25, 0.3) is 0 Å². The number of amides is 3. The molecule has 2 heterocycles. The molecular formula is C24H26N2O3. The van der Waals surface area contributed by atoms with E-state index in [4.69, 9.17) is 0 Å². The summed E-state index contributed by atoms with van der Waals surface area (Å²) in [5.74, 6) is -0.00605. The SMILES string of the molecule is O=C1[C@@H](CCCCCN2C(=O)c3ccccc3C2=O)CCN1Cc1ccccc1. The van der Waals surface area contributed by atoms with Crippen LogP contribution < -0.4 is 0 Å². The molecule has 5 nitrogen and oxygen atoms in total. The van der Waals surface area contributed by atoms with E-state index < -0.39 is 0 Å². The Morgan fingerprint density at radius 3 is 2.14 bits per heavy atom. The van der Waals surface area contributed by atoms with Gasteiger partial charge < -0.3 is 4.90 Å². The van der Waals surface area contributed by atoms with Crippen molar-refractivity contribution in [2.24, 2.45) is 5.92 Å². The van der Waals surface area contributed by atoms with E-state index in [1.807, 2.05) is 23.1 Å². The topological polar surface area (TPSA) is 57.7 Å². The Labute approximate surface area is 171 Å². The van der Waals surface area contributed by atoms with Crippen molar-refractivity contribution in [1.82, 2.24) is 9.80 Å². The van der Waals surface area contributed by atoms with Crippen LogP contribution in [0, 0.1) is 5.92 Å². The predicted molar refractivity (Wildman–Crippen MR) is 110 cm³/mol. The highest BCUT2D eigenvalue weighted by Crippen LogP contribution is 2.26. The molecule has 0 N–H and O–H groups in total. The Morgan fingerprint density at radius 1 is 0.793 bits per heavy atom. The predicted octanol–water partition coefficient (Wildman–Crippen LogP) is 3.89. The van der Waals surface area contributed by atoms with E-state index in [2.05, 4.69) is 12.1 Å². The molecule has 29 heavy (non-hydrogen) atoms. The zero-order valence-electron chi connectivity index (χ0n) is 16.5. The van der Waals surface area contributed by atoms with Crippen LogP contribution in [0.5, 0.6) is 0 Å². The minimum absolute atomic E-state index is 0.109. The first-order valence-electron chi connectivity index (χ1n) is 10.4. The number of fused-ring (bicyclic) bond motifs is 1. The molecular weight excluding hydrogens is 364 g/mol. The van der Waals surface area contributed by atoms with Crippen molar-refractivity contribution in [3.8, 4) is 0 Å². The smallest absolute Gasteiger partial charge is 0.261 e. The third-order valence-corrected chi connectivity index (χ3v) is 5.94. The van der Waals surface area contributed by atoms with Crippen molar-refractivity contribution in [2.75, 3.05) is 13.1 Å². The van der Waals surface area contributed by atoms with Gasteiger partial charge in [0.2, 0.25) is 5.91 Å². The van der Waals surface area contributed by atoms with Crippen LogP contribution in [0.2, 0.25) is 0 Å². The molecule has 2 aromatic rings. The Morgan fingerprint density at radius 2 is 1.45 bits per heavy atom. The van der Waals surface area contributed by atoms with E-state index in [0.717, 1.165) is 38.6 Å². The number of imide groups is 1. The Balaban J connectivity index is 1.19. The third-order valence-electron chi connectivity index (χ3n) is 5.94. The van der Waals surface area contributed by atoms with Gasteiger partial charge in [-0.15, -0.1) is 0 Å². The highest BCUT2D eigenvalue weighted by molar-refractivity contribution is 6.21. The van der Waals surface area contributed by atoms with Gasteiger partial charge in [-0.05, 0) is 37.0 Å². The lowest BCUT2D eigenvalue weighted by Crippen LogP contribution is -2.30. The van der Waals surface area contributed by atoms with Crippen LogP contribution in [0.3, 0.4) is 0 Å². The monoisotopic (exact) mass is 390 g/mol. The number of carbonyl (C=O) groups excluding carboxylic acids is 3. The summed E-state index contributed by atoms with van der Waals surface area (Å²) in [5.41, 5.74) is 2.18. The first-order chi connectivity index (χ1) is 14.1. The summed E-state index contributed by atoms with van der Waals surface area (Å²) in [4.78, 5) is 40.7. The molecule has 2 aliphatic rings. The van der Waals surface area contributed by atoms with E-state index in [9.17, 15) is 14.4 Å². The first kappa shape index (κ1) is 19.4. The number of benzene rings is 2. The fourth-order valence-electron chi connectivity index (χ4n) is 4.31. The molecule has 5 heteroatoms. The largest absolute Gasteiger partial charge is 0.338 e. The van der Waals surface area contributed by atoms with Crippen LogP contribution in [0.4, 0.5) is 0 Å². The minimum atomic E-state index is -0.187. The van der Waals surface area contributed by atoms with Crippen LogP contribution in [-0.4, -0.2) is 40.6 Å². The number of hydrogen-bond donors (Lipinski definition) is 0. The fourth-order valence-corrected chi connectivity index (χ4v) is 4.31. The van der Waals surface area contributed by atoms with Gasteiger partial charge in [0, 0.05) is 25.6 Å². The number of likely N-dealkylation sites (tertiary alicyclic amines) is 1. The number of unbranched alkanes of at least 4 members (excludes halogenated alkanes) is 2. The normalized spacial score (nSPS) is 18.6. The molecule has 4 rings (SSSR count). The van der Waals surface area contributed by atoms with Crippen LogP contribution in [0.15, 0.2) is 54.6 Å². The van der Waals surface area contributed by atoms with Crippen LogP contribution >= 0.6 is 0 Å². The van der Waals surface area contributed by atoms with Crippen molar-refractivity contribution in [3.63, 3.8) is 0 Å². The van der Waals surface area contributed by atoms with Crippen molar-refractivity contribution >= 4 is 17.7 Å². The van der Waals surface area contributed by atoms with Gasteiger partial charge in [-0.3, -0.25) is 19.3 Å². The molecule has 0 aliphatic carbocycles. The quantitative estimate of drug-likeness (QED) is 0.507. The van der Waals surface area contributed by atoms with Gasteiger partial charge in [0.15, 0.2) is 0 Å². The van der Waals surface area contributed by atoms with Gasteiger partial charge in [0.05, 0.1) is 11.1 Å². The number of carbonyl (C=O) groups is 3. The van der Waals surface area contributed by atoms with E-state index in [1.54, 1.807) is 24.3 Å². The van der Waals surface area contributed by atoms with Crippen LogP contribution in [0.1, 0.15) is 58.4 Å². The third kappa shape index (κ3) is 4.09. The van der Waals surface area contributed by atoms with Gasteiger partial charge >= 0.3 is 0 Å². The molecule has 150 valence electrons. The second kappa shape index (κ2) is 8.60. The molecule has 2 aromatic carbocycles. The van der Waals surface area contributed by atoms with E-state index in [0.29, 0.717) is 24.2 Å². The molecule has 0 bridgehead atoms. The highest BCUT2D eigenvalue weighted by Gasteiger charge is 2.34. The summed E-state index contributed by atoms with van der Waals surface area (Å²) in [5, 5.41) is 0. The lowest BCUT2D eigenvalue weighted by molar-refractivity contribution is -0.131. The van der Waals surface area contributed by atoms with Crippen molar-refractivity contribution in [2.45, 2.75) is 38.6 Å². The summed E-state index contributed by atoms with van der Waals surface area (Å²) >= 11 is 0. The second-order valence-electron chi connectivity index (χ2n) is 7.89. The van der Waals surface area contributed by atoms with Crippen LogP contribution in [-0.2, 0) is 11.3 Å². The van der Waals surface area contributed by atoms with Crippen molar-refractivity contribution < 1.29 is 14.4 Å². The molecule has 1 saturated heterocycles. The molecule has 0 unspecified atom stereocenters. The standard InChI is InChI=1S/C24H26N2O3/c27-22-19(14-16-25(22)17-18-9-3-1-4-10-18)11-5-2-8-15-26-23(28)20-12-6-7-13-21(20)24(26)29/h1,3-4,6-7,9-10,12-13,19H,2,5,8,11,14-17H2/t19-/m0/s1. The fraction of sp³-hybridized carbons (Fsp3) is 0.375. The average molecular weight is 390 g/mol. The summed E-state index contributed by atoms with van der Waals surface area (Å²) in [6.07, 6.45) is 4.44. The molecule has 0 saturated carbocycles. The van der Waals surface area contributed by atoms with Crippen molar-refractivity contribution in [1.29, 1.82) is 0 Å². The first-order valence-corrected chi connectivity index (χ1v) is 10.4. The molecule has 0 spiro atoms. The average Bonchev–Trinajstić information content (AvgIpc) is 3.21. The molecule has 1 atom stereocenters. The van der Waals surface area contributed by atoms with Gasteiger partial charge in [0.1, 0.15) is 0 Å². The maximum atomic E-state index is 12.6. The van der Waals surface area contributed by atoms with E-state index >= 15 is 0 Å². The summed E-state index contributed by atoms with van der Waals surface area (Å²) in [6.45, 7) is 1.97. The zero-order valence-corrected chi connectivity index (χ0v) is 16.5. The maximum absolute atomic E-state index is 12.6. The Bertz CT molecular complexity index is 874. The van der Waals surface area contributed by atoms with Gasteiger partial charge in [0.25, 0.3) is 11.8 Å². The molecule has 0 aromatic heterocycles. The summed E-state index contributed by atoms with van der Waals surface area (Å²) in [6, 6.07) is 17.1. The Hall–Kier alpha value is -2.95. The molecule has 3 amide bonds. The number of rotatable bonds is 8. The summed E-state index contributed by atoms with van der Waals surface area (Å²) in [7, 11) is 0. The second-order valence-corrected chi connectivity index (χ2v) is 7.89. The molecule has 0 radical (unpaired) electrons. The Kier molecular flexibility index (Phi) is 5.74. The van der Waals surface area contributed by atoms with Gasteiger partial charge in [-0.25, -0.2) is 0 Å². The van der Waals surface area contributed by atoms with Gasteiger partial charge in [-0.1, -0.05) is 55.3 Å². The minimum Gasteiger partial charge on any atom is -0.338 e. The number of hydrogen-bond acceptors (Lipinski definition) is 3. The zero-order chi connectivity index (χ0) is 20.2. The molecule has 2 aliphatic heterocycles. The van der Waals surface area contributed by atoms with Gasteiger partial charge in [-0.2, -0.15) is 0 Å². The maximum Gasteiger partial charge on any atom is 0.261 e. The van der Waals surface area contributed by atoms with Crippen molar-refractivity contribution in [3.05, 3.63) is 71.3 Å². The highest BCUT2D eigenvalue weighted by atomic mass is 16.2. The lowest BCUT2D eigenvalue weighted by Gasteiger charge is -2.17. The van der Waals surface area contributed by atoms with E-state index in [1.165, 1.54) is 10.5 Å². The molecule has 1 fully saturated rings. The number of nitrogens with zero attached hydrogens (tertiary/aromatic N) is 2. The summed E-state index contributed by atoms with van der Waals surface area (Å²) < 4.78 is 0. The lowest BCUT2D eigenvalue weighted by atomic mass is 10.00.